The minimum absolute atomic E-state index is 0.152. The molecule has 0 saturated heterocycles. The van der Waals surface area contributed by atoms with Crippen LogP contribution >= 0.6 is 0 Å². The van der Waals surface area contributed by atoms with Crippen molar-refractivity contribution in [2.45, 2.75) is 50.4 Å². The molecule has 0 heterocycles. The maximum absolute atomic E-state index is 12.7. The Morgan fingerprint density at radius 1 is 0.860 bits per heavy atom. The smallest absolute Gasteiger partial charge is 0.262 e. The first-order valence-corrected chi connectivity index (χ1v) is 15.1. The van der Waals surface area contributed by atoms with E-state index in [0.717, 1.165) is 29.0 Å². The SMILES string of the molecule is COc1cccc(CC(=O)N/N=C/c2ccc(OCC(=O)Nc3ccc(C45CC6CC(CC(C6)C4)C5)cc3)c(OC)c2)c1. The molecule has 4 bridgehead atoms. The Labute approximate surface area is 252 Å². The number of hydrazone groups is 1. The Morgan fingerprint density at radius 2 is 1.58 bits per heavy atom. The van der Waals surface area contributed by atoms with Crippen molar-refractivity contribution in [3.05, 3.63) is 83.4 Å². The van der Waals surface area contributed by atoms with Crippen LogP contribution in [0.1, 0.15) is 55.2 Å². The van der Waals surface area contributed by atoms with E-state index in [-0.39, 0.29) is 24.8 Å². The molecular formula is C35H39N3O5. The van der Waals surface area contributed by atoms with Crippen molar-refractivity contribution >= 4 is 23.7 Å². The van der Waals surface area contributed by atoms with Gasteiger partial charge in [-0.2, -0.15) is 5.10 Å². The van der Waals surface area contributed by atoms with Crippen molar-refractivity contribution in [1.82, 2.24) is 5.43 Å². The number of rotatable bonds is 11. The predicted molar refractivity (Wildman–Crippen MR) is 166 cm³/mol. The topological polar surface area (TPSA) is 98.3 Å². The number of hydrogen-bond acceptors (Lipinski definition) is 6. The number of hydrogen-bond donors (Lipinski definition) is 2. The zero-order valence-electron chi connectivity index (χ0n) is 24.8. The highest BCUT2D eigenvalue weighted by Gasteiger charge is 2.51. The van der Waals surface area contributed by atoms with Crippen molar-refractivity contribution in [3.8, 4) is 17.2 Å². The number of nitrogens with one attached hydrogen (secondary N) is 2. The minimum Gasteiger partial charge on any atom is -0.497 e. The average molecular weight is 582 g/mol. The maximum atomic E-state index is 12.7. The van der Waals surface area contributed by atoms with E-state index in [1.165, 1.54) is 57.4 Å². The van der Waals surface area contributed by atoms with Crippen LogP contribution in [0.2, 0.25) is 0 Å². The van der Waals surface area contributed by atoms with E-state index in [1.54, 1.807) is 25.3 Å². The number of anilines is 1. The quantitative estimate of drug-likeness (QED) is 0.218. The lowest BCUT2D eigenvalue weighted by atomic mass is 9.48. The zero-order valence-corrected chi connectivity index (χ0v) is 24.8. The fourth-order valence-corrected chi connectivity index (χ4v) is 7.78. The van der Waals surface area contributed by atoms with Crippen LogP contribution in [-0.4, -0.2) is 38.9 Å². The lowest BCUT2D eigenvalue weighted by Gasteiger charge is -2.57. The van der Waals surface area contributed by atoms with E-state index in [0.29, 0.717) is 28.2 Å². The molecule has 0 spiro atoms. The summed E-state index contributed by atoms with van der Waals surface area (Å²) in [6.45, 7) is -0.152. The van der Waals surface area contributed by atoms with Gasteiger partial charge in [0.15, 0.2) is 18.1 Å². The molecule has 224 valence electrons. The standard InChI is InChI=1S/C35H39N3O5/c1-41-30-5-3-4-23(15-30)17-33(39)38-36-21-24-6-11-31(32(16-24)42-2)43-22-34(40)37-29-9-7-28(8-10-29)35-18-25-12-26(19-35)14-27(13-25)20-35/h3-11,15-16,21,25-27H,12-14,17-20,22H2,1-2H3,(H,37,40)(H,38,39)/b36-21+. The van der Waals surface area contributed by atoms with E-state index in [4.69, 9.17) is 14.2 Å². The maximum Gasteiger partial charge on any atom is 0.262 e. The number of benzene rings is 3. The highest BCUT2D eigenvalue weighted by molar-refractivity contribution is 5.92. The normalized spacial score (nSPS) is 23.6. The van der Waals surface area contributed by atoms with Crippen LogP contribution in [0.4, 0.5) is 5.69 Å². The lowest BCUT2D eigenvalue weighted by Crippen LogP contribution is -2.48. The van der Waals surface area contributed by atoms with Gasteiger partial charge < -0.3 is 19.5 Å². The third-order valence-corrected chi connectivity index (χ3v) is 9.27. The Bertz CT molecular complexity index is 1460. The van der Waals surface area contributed by atoms with Gasteiger partial charge in [-0.1, -0.05) is 24.3 Å². The summed E-state index contributed by atoms with van der Waals surface area (Å²) < 4.78 is 16.4. The lowest BCUT2D eigenvalue weighted by molar-refractivity contribution is -0.120. The molecule has 0 radical (unpaired) electrons. The van der Waals surface area contributed by atoms with Gasteiger partial charge in [0.25, 0.3) is 5.91 Å². The van der Waals surface area contributed by atoms with Crippen molar-refractivity contribution in [2.24, 2.45) is 22.9 Å². The molecule has 43 heavy (non-hydrogen) atoms. The van der Waals surface area contributed by atoms with Crippen LogP contribution in [0.5, 0.6) is 17.2 Å². The summed E-state index contributed by atoms with van der Waals surface area (Å²) in [7, 11) is 3.12. The molecule has 7 rings (SSSR count). The van der Waals surface area contributed by atoms with Crippen LogP contribution in [0.25, 0.3) is 0 Å². The van der Waals surface area contributed by atoms with E-state index < -0.39 is 0 Å². The Hall–Kier alpha value is -4.33. The summed E-state index contributed by atoms with van der Waals surface area (Å²) >= 11 is 0. The molecule has 3 aromatic rings. The molecule has 4 aliphatic carbocycles. The molecule has 8 nitrogen and oxygen atoms in total. The third-order valence-electron chi connectivity index (χ3n) is 9.27. The Balaban J connectivity index is 0.990. The first-order chi connectivity index (χ1) is 20.9. The molecular weight excluding hydrogens is 542 g/mol. The van der Waals surface area contributed by atoms with E-state index in [9.17, 15) is 9.59 Å². The summed E-state index contributed by atoms with van der Waals surface area (Å²) in [5.74, 6) is 3.81. The molecule has 3 aromatic carbocycles. The molecule has 2 amide bonds. The van der Waals surface area contributed by atoms with Crippen molar-refractivity contribution in [3.63, 3.8) is 0 Å². The van der Waals surface area contributed by atoms with Crippen LogP contribution in [0.3, 0.4) is 0 Å². The molecule has 4 aliphatic rings. The van der Waals surface area contributed by atoms with Gasteiger partial charge in [-0.25, -0.2) is 5.43 Å². The Kier molecular flexibility index (Phi) is 8.36. The largest absolute Gasteiger partial charge is 0.497 e. The first-order valence-electron chi connectivity index (χ1n) is 15.1. The Morgan fingerprint density at radius 3 is 2.26 bits per heavy atom. The molecule has 4 saturated carbocycles. The minimum atomic E-state index is -0.246. The first kappa shape index (κ1) is 28.8. The van der Waals surface area contributed by atoms with E-state index >= 15 is 0 Å². The summed E-state index contributed by atoms with van der Waals surface area (Å²) in [5, 5.41) is 7.00. The molecule has 0 unspecified atom stereocenters. The second kappa shape index (κ2) is 12.5. The molecule has 4 fully saturated rings. The summed E-state index contributed by atoms with van der Waals surface area (Å²) in [5.41, 5.74) is 6.62. The highest BCUT2D eigenvalue weighted by atomic mass is 16.5. The van der Waals surface area contributed by atoms with Gasteiger partial charge in [-0.15, -0.1) is 0 Å². The molecule has 0 aromatic heterocycles. The number of carbonyl (C=O) groups is 2. The highest BCUT2D eigenvalue weighted by Crippen LogP contribution is 2.60. The number of amides is 2. The summed E-state index contributed by atoms with van der Waals surface area (Å²) in [6, 6.07) is 21.0. The third kappa shape index (κ3) is 6.69. The van der Waals surface area contributed by atoms with Crippen LogP contribution < -0.4 is 25.0 Å². The molecule has 0 atom stereocenters. The zero-order chi connectivity index (χ0) is 29.8. The van der Waals surface area contributed by atoms with Crippen molar-refractivity contribution in [2.75, 3.05) is 26.1 Å². The van der Waals surface area contributed by atoms with E-state index in [1.807, 2.05) is 36.4 Å². The summed E-state index contributed by atoms with van der Waals surface area (Å²) in [6.07, 6.45) is 9.96. The van der Waals surface area contributed by atoms with Gasteiger partial charge >= 0.3 is 0 Å². The second-order valence-electron chi connectivity index (χ2n) is 12.3. The fourth-order valence-electron chi connectivity index (χ4n) is 7.78. The van der Waals surface area contributed by atoms with Gasteiger partial charge in [-0.3, -0.25) is 9.59 Å². The number of carbonyl (C=O) groups excluding carboxylic acids is 2. The number of ether oxygens (including phenoxy) is 3. The van der Waals surface area contributed by atoms with E-state index in [2.05, 4.69) is 28.0 Å². The molecule has 0 aliphatic heterocycles. The van der Waals surface area contributed by atoms with Gasteiger partial charge in [-0.05, 0) is 121 Å². The summed E-state index contributed by atoms with van der Waals surface area (Å²) in [4.78, 5) is 24.9. The molecule has 8 heteroatoms. The van der Waals surface area contributed by atoms with Gasteiger partial charge in [0.1, 0.15) is 5.75 Å². The van der Waals surface area contributed by atoms with Gasteiger partial charge in [0.05, 0.1) is 26.9 Å². The number of nitrogens with zero attached hydrogens (tertiary/aromatic N) is 1. The van der Waals surface area contributed by atoms with Crippen molar-refractivity contribution < 1.29 is 23.8 Å². The fraction of sp³-hybridized carbons (Fsp3) is 0.400. The average Bonchev–Trinajstić information content (AvgIpc) is 3.00. The number of methoxy groups -OCH3 is 2. The predicted octanol–water partition coefficient (Wildman–Crippen LogP) is 5.88. The van der Waals surface area contributed by atoms with Crippen LogP contribution in [0, 0.1) is 17.8 Å². The van der Waals surface area contributed by atoms with Gasteiger partial charge in [0.2, 0.25) is 5.91 Å². The van der Waals surface area contributed by atoms with Crippen LogP contribution in [0.15, 0.2) is 71.8 Å². The second-order valence-corrected chi connectivity index (χ2v) is 12.3. The van der Waals surface area contributed by atoms with Gasteiger partial charge in [0, 0.05) is 5.69 Å². The van der Waals surface area contributed by atoms with Crippen LogP contribution in [-0.2, 0) is 21.4 Å². The molecule has 2 N–H and O–H groups in total. The monoisotopic (exact) mass is 581 g/mol. The van der Waals surface area contributed by atoms with Crippen molar-refractivity contribution in [1.29, 1.82) is 0 Å².